The summed E-state index contributed by atoms with van der Waals surface area (Å²) in [6.07, 6.45) is 2.55. The van der Waals surface area contributed by atoms with Gasteiger partial charge in [-0.15, -0.1) is 0 Å². The summed E-state index contributed by atoms with van der Waals surface area (Å²) in [5.41, 5.74) is 0.0378. The van der Waals surface area contributed by atoms with Gasteiger partial charge in [0.15, 0.2) is 0 Å². The molecule has 21 heavy (non-hydrogen) atoms. The summed E-state index contributed by atoms with van der Waals surface area (Å²) in [5, 5.41) is 12.7. The fourth-order valence-corrected chi connectivity index (χ4v) is 5.61. The van der Waals surface area contributed by atoms with E-state index in [1.807, 2.05) is 6.07 Å². The second kappa shape index (κ2) is 5.58. The van der Waals surface area contributed by atoms with E-state index in [0.717, 1.165) is 25.8 Å². The molecule has 5 nitrogen and oxygen atoms in total. The van der Waals surface area contributed by atoms with Gasteiger partial charge in [0.2, 0.25) is 10.0 Å². The van der Waals surface area contributed by atoms with E-state index in [1.54, 1.807) is 10.4 Å². The average Bonchev–Trinajstić information content (AvgIpc) is 2.72. The lowest BCUT2D eigenvalue weighted by Crippen LogP contribution is -2.42. The van der Waals surface area contributed by atoms with Crippen molar-refractivity contribution in [2.75, 3.05) is 13.1 Å². The molecule has 2 heterocycles. The lowest BCUT2D eigenvalue weighted by atomic mass is 10.1. The maximum absolute atomic E-state index is 13.0. The monoisotopic (exact) mass is 325 g/mol. The van der Waals surface area contributed by atoms with Gasteiger partial charge in [-0.1, -0.05) is 17.7 Å². The average molecular weight is 326 g/mol. The molecule has 2 aliphatic rings. The normalized spacial score (nSPS) is 26.3. The van der Waals surface area contributed by atoms with Gasteiger partial charge in [-0.2, -0.15) is 9.57 Å². The lowest BCUT2D eigenvalue weighted by molar-refractivity contribution is 0.334. The largest absolute Gasteiger partial charge is 0.315 e. The molecule has 2 atom stereocenters. The predicted molar refractivity (Wildman–Crippen MR) is 79.5 cm³/mol. The summed E-state index contributed by atoms with van der Waals surface area (Å²) in [4.78, 5) is 0.0244. The van der Waals surface area contributed by atoms with Gasteiger partial charge in [-0.05, 0) is 37.9 Å². The van der Waals surface area contributed by atoms with E-state index in [-0.39, 0.29) is 27.6 Å². The molecule has 0 amide bonds. The molecule has 1 N–H and O–H groups in total. The van der Waals surface area contributed by atoms with Crippen molar-refractivity contribution in [3.63, 3.8) is 0 Å². The number of hydrogen-bond acceptors (Lipinski definition) is 4. The molecule has 3 rings (SSSR count). The van der Waals surface area contributed by atoms with Crippen LogP contribution in [0.4, 0.5) is 0 Å². The molecule has 0 spiro atoms. The highest BCUT2D eigenvalue weighted by atomic mass is 35.5. The van der Waals surface area contributed by atoms with Crippen molar-refractivity contribution in [1.82, 2.24) is 9.62 Å². The van der Waals surface area contributed by atoms with Crippen molar-refractivity contribution in [3.8, 4) is 6.07 Å². The van der Waals surface area contributed by atoms with Gasteiger partial charge in [0.05, 0.1) is 10.6 Å². The second-order valence-corrected chi connectivity index (χ2v) is 7.66. The zero-order valence-corrected chi connectivity index (χ0v) is 13.0. The number of sulfonamides is 1. The van der Waals surface area contributed by atoms with Crippen molar-refractivity contribution in [2.45, 2.75) is 36.2 Å². The van der Waals surface area contributed by atoms with Crippen LogP contribution in [0.3, 0.4) is 0 Å². The fourth-order valence-electron chi connectivity index (χ4n) is 3.27. The van der Waals surface area contributed by atoms with Gasteiger partial charge in [0.1, 0.15) is 11.0 Å². The highest BCUT2D eigenvalue weighted by Gasteiger charge is 2.43. The Balaban J connectivity index is 2.09. The molecule has 0 aromatic heterocycles. The van der Waals surface area contributed by atoms with E-state index in [1.165, 1.54) is 12.1 Å². The summed E-state index contributed by atoms with van der Waals surface area (Å²) in [5.74, 6) is 0. The fraction of sp³-hybridized carbons (Fsp3) is 0.500. The number of fused-ring (bicyclic) bond motifs is 2. The van der Waals surface area contributed by atoms with E-state index < -0.39 is 10.0 Å². The number of nitrogens with zero attached hydrogens (tertiary/aromatic N) is 2. The molecule has 0 aliphatic carbocycles. The van der Waals surface area contributed by atoms with E-state index in [0.29, 0.717) is 6.54 Å². The van der Waals surface area contributed by atoms with Crippen molar-refractivity contribution in [1.29, 1.82) is 5.26 Å². The molecule has 2 saturated heterocycles. The molecule has 2 unspecified atom stereocenters. The molecular weight excluding hydrogens is 310 g/mol. The standard InChI is InChI=1S/C14H16ClN3O2S/c15-13-2-1-3-14(12(13)8-16)21(19,20)18-10-4-5-11(18)9-17-7-6-10/h1-3,10-11,17H,4-7,9H2. The molecule has 2 bridgehead atoms. The topological polar surface area (TPSA) is 73.2 Å². The van der Waals surface area contributed by atoms with Gasteiger partial charge >= 0.3 is 0 Å². The quantitative estimate of drug-likeness (QED) is 0.898. The molecule has 1 aromatic rings. The lowest BCUT2D eigenvalue weighted by Gasteiger charge is -2.27. The van der Waals surface area contributed by atoms with Crippen LogP contribution in [0.25, 0.3) is 0 Å². The van der Waals surface area contributed by atoms with Gasteiger partial charge in [0, 0.05) is 18.6 Å². The number of nitrogens with one attached hydrogen (secondary N) is 1. The molecule has 2 aliphatic heterocycles. The Kier molecular flexibility index (Phi) is 3.93. The summed E-state index contributed by atoms with van der Waals surface area (Å²) < 4.78 is 27.6. The third kappa shape index (κ3) is 2.44. The molecule has 0 radical (unpaired) electrons. The maximum Gasteiger partial charge on any atom is 0.244 e. The summed E-state index contributed by atoms with van der Waals surface area (Å²) >= 11 is 5.98. The number of benzene rings is 1. The van der Waals surface area contributed by atoms with E-state index in [4.69, 9.17) is 11.6 Å². The van der Waals surface area contributed by atoms with Crippen LogP contribution in [-0.2, 0) is 10.0 Å². The molecule has 0 saturated carbocycles. The minimum atomic E-state index is -3.70. The minimum absolute atomic E-state index is 0.0144. The Hall–Kier alpha value is -1.13. The van der Waals surface area contributed by atoms with Gasteiger partial charge in [-0.3, -0.25) is 0 Å². The molecule has 112 valence electrons. The molecule has 1 aromatic carbocycles. The summed E-state index contributed by atoms with van der Waals surface area (Å²) in [7, 11) is -3.70. The first-order valence-electron chi connectivity index (χ1n) is 6.98. The van der Waals surface area contributed by atoms with Crippen molar-refractivity contribution in [3.05, 3.63) is 28.8 Å². The molecule has 7 heteroatoms. The van der Waals surface area contributed by atoms with Crippen LogP contribution >= 0.6 is 11.6 Å². The third-order valence-electron chi connectivity index (χ3n) is 4.23. The number of rotatable bonds is 2. The Morgan fingerprint density at radius 3 is 2.81 bits per heavy atom. The van der Waals surface area contributed by atoms with Gasteiger partial charge in [-0.25, -0.2) is 8.42 Å². The summed E-state index contributed by atoms with van der Waals surface area (Å²) in [6, 6.07) is 6.49. The maximum atomic E-state index is 13.0. The van der Waals surface area contributed by atoms with Crippen LogP contribution in [0, 0.1) is 11.3 Å². The van der Waals surface area contributed by atoms with Crippen LogP contribution in [0.15, 0.2) is 23.1 Å². The van der Waals surface area contributed by atoms with Crippen molar-refractivity contribution >= 4 is 21.6 Å². The van der Waals surface area contributed by atoms with Crippen molar-refractivity contribution in [2.24, 2.45) is 0 Å². The Bertz CT molecular complexity index is 685. The zero-order valence-electron chi connectivity index (χ0n) is 11.4. The minimum Gasteiger partial charge on any atom is -0.315 e. The van der Waals surface area contributed by atoms with Gasteiger partial charge < -0.3 is 5.32 Å². The first-order valence-corrected chi connectivity index (χ1v) is 8.80. The first-order chi connectivity index (χ1) is 10.1. The first kappa shape index (κ1) is 14.8. The Morgan fingerprint density at radius 1 is 1.29 bits per heavy atom. The van der Waals surface area contributed by atoms with Gasteiger partial charge in [0.25, 0.3) is 0 Å². The van der Waals surface area contributed by atoms with Crippen LogP contribution in [0.5, 0.6) is 0 Å². The number of nitriles is 1. The van der Waals surface area contributed by atoms with E-state index >= 15 is 0 Å². The summed E-state index contributed by atoms with van der Waals surface area (Å²) in [6.45, 7) is 1.49. The number of hydrogen-bond donors (Lipinski definition) is 1. The third-order valence-corrected chi connectivity index (χ3v) is 6.59. The van der Waals surface area contributed by atoms with E-state index in [9.17, 15) is 13.7 Å². The van der Waals surface area contributed by atoms with Crippen LogP contribution in [-0.4, -0.2) is 37.9 Å². The molecular formula is C14H16ClN3O2S. The van der Waals surface area contributed by atoms with Crippen LogP contribution < -0.4 is 5.32 Å². The predicted octanol–water partition coefficient (Wildman–Crippen LogP) is 1.73. The Labute approximate surface area is 129 Å². The van der Waals surface area contributed by atoms with Crippen LogP contribution in [0.2, 0.25) is 5.02 Å². The van der Waals surface area contributed by atoms with Crippen LogP contribution in [0.1, 0.15) is 24.8 Å². The van der Waals surface area contributed by atoms with E-state index in [2.05, 4.69) is 5.32 Å². The highest BCUT2D eigenvalue weighted by Crippen LogP contribution is 2.35. The Morgan fingerprint density at radius 2 is 2.05 bits per heavy atom. The highest BCUT2D eigenvalue weighted by molar-refractivity contribution is 7.89. The smallest absolute Gasteiger partial charge is 0.244 e. The molecule has 2 fully saturated rings. The zero-order chi connectivity index (χ0) is 15.0. The van der Waals surface area contributed by atoms with Crippen molar-refractivity contribution < 1.29 is 8.42 Å². The number of halogens is 1. The SMILES string of the molecule is N#Cc1c(Cl)cccc1S(=O)(=O)N1C2CCNCC1CC2. The second-order valence-electron chi connectivity index (χ2n) is 5.44.